The lowest BCUT2D eigenvalue weighted by Crippen LogP contribution is -2.37. The quantitative estimate of drug-likeness (QED) is 0.605. The maximum Gasteiger partial charge on any atom is 0.127 e. The Bertz CT molecular complexity index is 825. The predicted molar refractivity (Wildman–Crippen MR) is 122 cm³/mol. The first-order valence-corrected chi connectivity index (χ1v) is 10.9. The molecule has 0 amide bonds. The monoisotopic (exact) mass is 417 g/mol. The molecule has 2 rings (SSSR count). The first-order valence-electron chi connectivity index (χ1n) is 10.9. The van der Waals surface area contributed by atoms with Crippen molar-refractivity contribution in [1.82, 2.24) is 4.90 Å². The van der Waals surface area contributed by atoms with Crippen LogP contribution in [0.5, 0.6) is 11.5 Å². The number of rotatable bonds is 9. The number of methoxy groups -OCH3 is 1. The van der Waals surface area contributed by atoms with Gasteiger partial charge in [0, 0.05) is 25.1 Å². The summed E-state index contributed by atoms with van der Waals surface area (Å²) >= 11 is 0. The number of allylic oxidation sites excluding steroid dienone is 1. The number of phenolic OH excluding ortho intramolecular Hbond substituents is 1. The molecule has 0 aliphatic heterocycles. The number of hydrogen-bond acceptors (Lipinski definition) is 5. The summed E-state index contributed by atoms with van der Waals surface area (Å²) < 4.78 is 11.7. The summed E-state index contributed by atoms with van der Waals surface area (Å²) in [6, 6.07) is 0. The number of ether oxygens (including phenoxy) is 2. The zero-order valence-corrected chi connectivity index (χ0v) is 19.9. The molecule has 5 heteroatoms. The Morgan fingerprint density at radius 3 is 2.33 bits per heavy atom. The molecule has 30 heavy (non-hydrogen) atoms. The van der Waals surface area contributed by atoms with E-state index in [0.717, 1.165) is 52.4 Å². The smallest absolute Gasteiger partial charge is 0.127 e. The van der Waals surface area contributed by atoms with Crippen LogP contribution >= 0.6 is 0 Å². The molecular weight excluding hydrogens is 378 g/mol. The molecular formula is C25H39NO4. The maximum atomic E-state index is 10.8. The van der Waals surface area contributed by atoms with Crippen molar-refractivity contribution in [2.45, 2.75) is 67.0 Å². The molecule has 0 radical (unpaired) electrons. The molecule has 1 aromatic carbocycles. The average molecular weight is 418 g/mol. The van der Waals surface area contributed by atoms with Gasteiger partial charge in [0.2, 0.25) is 0 Å². The highest BCUT2D eigenvalue weighted by molar-refractivity contribution is 5.57. The zero-order valence-electron chi connectivity index (χ0n) is 19.9. The normalized spacial score (nSPS) is 19.2. The lowest BCUT2D eigenvalue weighted by Gasteiger charge is -2.35. The zero-order chi connectivity index (χ0) is 22.6. The molecule has 1 unspecified atom stereocenters. The topological polar surface area (TPSA) is 62.2 Å². The van der Waals surface area contributed by atoms with Crippen molar-refractivity contribution in [2.75, 3.05) is 26.8 Å². The van der Waals surface area contributed by atoms with Gasteiger partial charge in [0.1, 0.15) is 23.9 Å². The van der Waals surface area contributed by atoms with E-state index in [1.807, 2.05) is 53.7 Å². The summed E-state index contributed by atoms with van der Waals surface area (Å²) in [5.41, 5.74) is 3.92. The van der Waals surface area contributed by atoms with Gasteiger partial charge in [0.25, 0.3) is 0 Å². The van der Waals surface area contributed by atoms with E-state index in [1.54, 1.807) is 7.11 Å². The summed E-state index contributed by atoms with van der Waals surface area (Å²) in [7, 11) is 1.68. The van der Waals surface area contributed by atoms with Gasteiger partial charge < -0.3 is 19.7 Å². The van der Waals surface area contributed by atoms with Gasteiger partial charge in [-0.05, 0) is 74.6 Å². The fourth-order valence-corrected chi connectivity index (χ4v) is 4.11. The van der Waals surface area contributed by atoms with Crippen molar-refractivity contribution in [3.8, 4) is 11.5 Å². The third kappa shape index (κ3) is 4.84. The number of aromatic hydroxyl groups is 1. The third-order valence-corrected chi connectivity index (χ3v) is 6.66. The van der Waals surface area contributed by atoms with Gasteiger partial charge in [0.15, 0.2) is 0 Å². The molecule has 0 fully saturated rings. The van der Waals surface area contributed by atoms with Crippen molar-refractivity contribution >= 4 is 0 Å². The molecule has 1 aliphatic carbocycles. The number of hydrogen-bond donors (Lipinski definition) is 2. The van der Waals surface area contributed by atoms with Crippen LogP contribution in [0.1, 0.15) is 56.4 Å². The Balaban J connectivity index is 2.05. The van der Waals surface area contributed by atoms with E-state index in [9.17, 15) is 10.2 Å². The molecule has 1 aromatic rings. The van der Waals surface area contributed by atoms with Crippen LogP contribution in [0, 0.1) is 26.7 Å². The summed E-state index contributed by atoms with van der Waals surface area (Å²) in [6.07, 6.45) is 4.52. The van der Waals surface area contributed by atoms with Crippen LogP contribution in [0.2, 0.25) is 0 Å². The number of nitrogens with zero attached hydrogens (tertiary/aromatic N) is 1. The van der Waals surface area contributed by atoms with Crippen molar-refractivity contribution in [3.05, 3.63) is 45.7 Å². The van der Waals surface area contributed by atoms with E-state index in [1.165, 1.54) is 0 Å². The van der Waals surface area contributed by atoms with E-state index >= 15 is 0 Å². The molecule has 0 spiro atoms. The second-order valence-corrected chi connectivity index (χ2v) is 8.67. The summed E-state index contributed by atoms with van der Waals surface area (Å²) in [5.74, 6) is 2.19. The molecule has 1 atom stereocenters. The van der Waals surface area contributed by atoms with Gasteiger partial charge in [-0.1, -0.05) is 20.8 Å². The molecule has 5 nitrogen and oxygen atoms in total. The number of benzene rings is 1. The van der Waals surface area contributed by atoms with Gasteiger partial charge in [-0.15, -0.1) is 0 Å². The fourth-order valence-electron chi connectivity index (χ4n) is 4.11. The lowest BCUT2D eigenvalue weighted by molar-refractivity contribution is 0.0297. The Kier molecular flexibility index (Phi) is 8.00. The highest BCUT2D eigenvalue weighted by Gasteiger charge is 2.34. The van der Waals surface area contributed by atoms with Crippen LogP contribution < -0.4 is 4.74 Å². The molecule has 0 heterocycles. The lowest BCUT2D eigenvalue weighted by atomic mass is 9.78. The third-order valence-electron chi connectivity index (χ3n) is 6.66. The van der Waals surface area contributed by atoms with Gasteiger partial charge >= 0.3 is 0 Å². The molecule has 0 aromatic heterocycles. The molecule has 1 aliphatic rings. The van der Waals surface area contributed by atoms with Crippen LogP contribution in [0.15, 0.2) is 23.5 Å². The summed E-state index contributed by atoms with van der Waals surface area (Å²) in [4.78, 5) is 2.28. The van der Waals surface area contributed by atoms with Gasteiger partial charge in [-0.2, -0.15) is 0 Å². The van der Waals surface area contributed by atoms with Gasteiger partial charge in [-0.25, -0.2) is 0 Å². The average Bonchev–Trinajstić information content (AvgIpc) is 2.72. The van der Waals surface area contributed by atoms with Crippen molar-refractivity contribution < 1.29 is 19.7 Å². The van der Waals surface area contributed by atoms with E-state index in [-0.39, 0.29) is 5.92 Å². The summed E-state index contributed by atoms with van der Waals surface area (Å²) in [6.45, 7) is 16.9. The summed E-state index contributed by atoms with van der Waals surface area (Å²) in [5, 5.41) is 21.3. The molecule has 0 bridgehead atoms. The van der Waals surface area contributed by atoms with Crippen molar-refractivity contribution in [1.29, 1.82) is 0 Å². The molecule has 2 N–H and O–H groups in total. The highest BCUT2D eigenvalue weighted by Crippen LogP contribution is 2.38. The fraction of sp³-hybridized carbons (Fsp3) is 0.600. The van der Waals surface area contributed by atoms with Crippen LogP contribution in [0.3, 0.4) is 0 Å². The first kappa shape index (κ1) is 24.3. The SMILES string of the molecule is CCN(CCOC1=CCC(O)(C(C)C)C(C)=C1)Cc1c(C)c(O)c(C)c(C)c1OC. The van der Waals surface area contributed by atoms with E-state index in [2.05, 4.69) is 11.8 Å². The molecule has 0 saturated heterocycles. The van der Waals surface area contributed by atoms with E-state index < -0.39 is 5.60 Å². The highest BCUT2D eigenvalue weighted by atomic mass is 16.5. The number of likely N-dealkylation sites (N-methyl/N-ethyl adjacent to an activating group) is 1. The van der Waals surface area contributed by atoms with Gasteiger partial charge in [-0.3, -0.25) is 4.90 Å². The predicted octanol–water partition coefficient (Wildman–Crippen LogP) is 4.79. The van der Waals surface area contributed by atoms with E-state index in [4.69, 9.17) is 9.47 Å². The van der Waals surface area contributed by atoms with Crippen molar-refractivity contribution in [3.63, 3.8) is 0 Å². The minimum Gasteiger partial charge on any atom is -0.507 e. The maximum absolute atomic E-state index is 10.8. The number of aliphatic hydroxyl groups is 1. The second kappa shape index (κ2) is 9.88. The number of phenols is 1. The Labute approximate surface area is 182 Å². The Hall–Kier alpha value is -1.98. The van der Waals surface area contributed by atoms with E-state index in [0.29, 0.717) is 25.3 Å². The minimum atomic E-state index is -0.776. The molecule has 0 saturated carbocycles. The van der Waals surface area contributed by atoms with Crippen LogP contribution in [0.25, 0.3) is 0 Å². The van der Waals surface area contributed by atoms with Crippen LogP contribution in [0.4, 0.5) is 0 Å². The molecule has 168 valence electrons. The largest absolute Gasteiger partial charge is 0.507 e. The van der Waals surface area contributed by atoms with Crippen molar-refractivity contribution in [2.24, 2.45) is 5.92 Å². The minimum absolute atomic E-state index is 0.162. The second-order valence-electron chi connectivity index (χ2n) is 8.67. The van der Waals surface area contributed by atoms with Crippen LogP contribution in [-0.2, 0) is 11.3 Å². The van der Waals surface area contributed by atoms with Crippen LogP contribution in [-0.4, -0.2) is 47.5 Å². The standard InChI is InChI=1S/C25H39NO4/c1-9-26(15-22-20(7)23(27)18(5)19(6)24(22)29-8)12-13-30-21-10-11-25(28,16(2)3)17(4)14-21/h10,14,16,27-28H,9,11-13,15H2,1-8H3. The Morgan fingerprint density at radius 2 is 1.80 bits per heavy atom. The van der Waals surface area contributed by atoms with Gasteiger partial charge in [0.05, 0.1) is 12.7 Å². The first-order chi connectivity index (χ1) is 14.1. The Morgan fingerprint density at radius 1 is 1.13 bits per heavy atom.